The molecule has 1 heterocycles. The maximum absolute atomic E-state index is 12.9. The Hall–Kier alpha value is -2.90. The van der Waals surface area contributed by atoms with Gasteiger partial charge in [0.2, 0.25) is 15.9 Å². The molecule has 0 aliphatic rings. The highest BCUT2D eigenvalue weighted by atomic mass is 32.2. The lowest BCUT2D eigenvalue weighted by atomic mass is 9.99. The van der Waals surface area contributed by atoms with Gasteiger partial charge in [-0.2, -0.15) is 4.72 Å². The third-order valence-electron chi connectivity index (χ3n) is 4.62. The number of carbonyl (C=O) groups is 2. The lowest BCUT2D eigenvalue weighted by Crippen LogP contribution is -2.47. The molecule has 0 aliphatic heterocycles. The van der Waals surface area contributed by atoms with E-state index in [9.17, 15) is 28.1 Å². The average Bonchev–Trinajstić information content (AvgIpc) is 3.11. The zero-order valence-electron chi connectivity index (χ0n) is 17.9. The van der Waals surface area contributed by atoms with Crippen LogP contribution in [0.4, 0.5) is 10.8 Å². The van der Waals surface area contributed by atoms with Crippen molar-refractivity contribution in [2.75, 3.05) is 11.9 Å². The van der Waals surface area contributed by atoms with Crippen molar-refractivity contribution >= 4 is 44.1 Å². The number of amides is 1. The maximum atomic E-state index is 12.9. The molecular formula is C19H24N4O7S2. The van der Waals surface area contributed by atoms with Gasteiger partial charge in [-0.15, -0.1) is 0 Å². The summed E-state index contributed by atoms with van der Waals surface area (Å²) in [6, 6.07) is 3.20. The third-order valence-corrected chi connectivity index (χ3v) is 7.13. The van der Waals surface area contributed by atoms with Crippen LogP contribution in [0.15, 0.2) is 29.2 Å². The second-order valence-corrected chi connectivity index (χ2v) is 9.59. The lowest BCUT2D eigenvalue weighted by molar-refractivity contribution is -0.384. The topological polar surface area (TPSA) is 158 Å². The Morgan fingerprint density at radius 2 is 1.88 bits per heavy atom. The first-order chi connectivity index (χ1) is 15.0. The van der Waals surface area contributed by atoms with Crippen molar-refractivity contribution in [3.63, 3.8) is 0 Å². The minimum absolute atomic E-state index is 0.137. The van der Waals surface area contributed by atoms with Gasteiger partial charge in [0.1, 0.15) is 10.9 Å². The van der Waals surface area contributed by atoms with Crippen LogP contribution in [0, 0.1) is 23.0 Å². The summed E-state index contributed by atoms with van der Waals surface area (Å²) in [6.45, 7) is 6.97. The van der Waals surface area contributed by atoms with E-state index in [4.69, 9.17) is 4.74 Å². The molecule has 0 aliphatic carbocycles. The second kappa shape index (κ2) is 10.6. The van der Waals surface area contributed by atoms with Crippen LogP contribution in [0.5, 0.6) is 0 Å². The highest BCUT2D eigenvalue weighted by molar-refractivity contribution is 7.89. The van der Waals surface area contributed by atoms with Crippen LogP contribution in [0.2, 0.25) is 0 Å². The number of nitro benzene ring substituents is 1. The number of anilines is 1. The van der Waals surface area contributed by atoms with E-state index in [1.165, 1.54) is 0 Å². The Morgan fingerprint density at radius 1 is 1.25 bits per heavy atom. The fourth-order valence-electron chi connectivity index (χ4n) is 2.67. The molecule has 0 spiro atoms. The number of rotatable bonds is 10. The first kappa shape index (κ1) is 25.4. The molecule has 0 radical (unpaired) electrons. The SMILES string of the molecule is CCOC(=O)c1sc(NC(=O)C(NS(=O)(=O)c2ccc([N+](=O)[O-])cc2)C(C)CC)nc1C. The number of thiazole rings is 1. The van der Waals surface area contributed by atoms with Crippen LogP contribution in [0.25, 0.3) is 0 Å². The smallest absolute Gasteiger partial charge is 0.350 e. The normalized spacial score (nSPS) is 13.2. The number of nitro groups is 1. The van der Waals surface area contributed by atoms with Crippen molar-refractivity contribution in [2.45, 2.75) is 45.1 Å². The van der Waals surface area contributed by atoms with E-state index < -0.39 is 32.9 Å². The zero-order valence-corrected chi connectivity index (χ0v) is 19.6. The molecule has 2 unspecified atom stereocenters. The summed E-state index contributed by atoms with van der Waals surface area (Å²) in [5, 5.41) is 13.5. The highest BCUT2D eigenvalue weighted by Gasteiger charge is 2.31. The largest absolute Gasteiger partial charge is 0.462 e. The number of aromatic nitrogens is 1. The Balaban J connectivity index is 2.24. The number of benzene rings is 1. The van der Waals surface area contributed by atoms with E-state index >= 15 is 0 Å². The predicted molar refractivity (Wildman–Crippen MR) is 118 cm³/mol. The van der Waals surface area contributed by atoms with Crippen LogP contribution in [0.1, 0.15) is 42.6 Å². The van der Waals surface area contributed by atoms with Crippen molar-refractivity contribution in [3.8, 4) is 0 Å². The van der Waals surface area contributed by atoms with Crippen molar-refractivity contribution in [3.05, 3.63) is 45.0 Å². The molecule has 1 amide bonds. The van der Waals surface area contributed by atoms with Crippen molar-refractivity contribution in [1.29, 1.82) is 0 Å². The average molecular weight is 485 g/mol. The van der Waals surface area contributed by atoms with E-state index in [1.807, 2.05) is 0 Å². The lowest BCUT2D eigenvalue weighted by Gasteiger charge is -2.22. The summed E-state index contributed by atoms with van der Waals surface area (Å²) in [5.41, 5.74) is 0.131. The standard InChI is InChI=1S/C19H24N4O7S2/c1-5-11(3)15(22-32(28,29)14-9-7-13(8-10-14)23(26)27)17(24)21-19-20-12(4)16(31-19)18(25)30-6-2/h7-11,15,22H,5-6H2,1-4H3,(H,20,21,24). The molecule has 0 saturated carbocycles. The number of esters is 1. The van der Waals surface area contributed by atoms with E-state index in [2.05, 4.69) is 15.0 Å². The van der Waals surface area contributed by atoms with Crippen LogP contribution >= 0.6 is 11.3 Å². The molecule has 174 valence electrons. The van der Waals surface area contributed by atoms with Gasteiger partial charge in [-0.25, -0.2) is 18.2 Å². The van der Waals surface area contributed by atoms with Gasteiger partial charge in [0.15, 0.2) is 5.13 Å². The molecule has 1 aromatic heterocycles. The van der Waals surface area contributed by atoms with E-state index in [-0.39, 0.29) is 33.1 Å². The number of hydrogen-bond donors (Lipinski definition) is 2. The quantitative estimate of drug-likeness (QED) is 0.296. The molecule has 2 aromatic rings. The number of carbonyl (C=O) groups excluding carboxylic acids is 2. The van der Waals surface area contributed by atoms with E-state index in [0.717, 1.165) is 35.6 Å². The molecule has 0 saturated heterocycles. The van der Waals surface area contributed by atoms with Gasteiger partial charge >= 0.3 is 5.97 Å². The number of nitrogens with one attached hydrogen (secondary N) is 2. The van der Waals surface area contributed by atoms with Gasteiger partial charge in [0, 0.05) is 12.1 Å². The molecule has 32 heavy (non-hydrogen) atoms. The van der Waals surface area contributed by atoms with Crippen LogP contribution in [0.3, 0.4) is 0 Å². The number of aryl methyl sites for hydroxylation is 1. The predicted octanol–water partition coefficient (Wildman–Crippen LogP) is 2.87. The highest BCUT2D eigenvalue weighted by Crippen LogP contribution is 2.25. The second-order valence-electron chi connectivity index (χ2n) is 6.88. The summed E-state index contributed by atoms with van der Waals surface area (Å²) in [7, 11) is -4.14. The summed E-state index contributed by atoms with van der Waals surface area (Å²) < 4.78 is 32.9. The molecule has 2 N–H and O–H groups in total. The first-order valence-corrected chi connectivity index (χ1v) is 12.0. The third kappa shape index (κ3) is 6.08. The molecular weight excluding hydrogens is 460 g/mol. The van der Waals surface area contributed by atoms with Gasteiger partial charge in [0.05, 0.1) is 22.1 Å². The van der Waals surface area contributed by atoms with Gasteiger partial charge in [-0.1, -0.05) is 31.6 Å². The van der Waals surface area contributed by atoms with Gasteiger partial charge in [-0.05, 0) is 31.9 Å². The van der Waals surface area contributed by atoms with E-state index in [1.54, 1.807) is 27.7 Å². The van der Waals surface area contributed by atoms with Crippen LogP contribution in [-0.4, -0.2) is 42.9 Å². The minimum atomic E-state index is -4.14. The monoisotopic (exact) mass is 484 g/mol. The number of ether oxygens (including phenoxy) is 1. The zero-order chi connectivity index (χ0) is 24.1. The van der Waals surface area contributed by atoms with Gasteiger partial charge < -0.3 is 10.1 Å². The number of hydrogen-bond acceptors (Lipinski definition) is 9. The summed E-state index contributed by atoms with van der Waals surface area (Å²) in [4.78, 5) is 39.2. The first-order valence-electron chi connectivity index (χ1n) is 9.72. The Kier molecular flexibility index (Phi) is 8.41. The van der Waals surface area contributed by atoms with Crippen LogP contribution < -0.4 is 10.0 Å². The molecule has 2 atom stereocenters. The molecule has 11 nitrogen and oxygen atoms in total. The Labute approximate surface area is 189 Å². The summed E-state index contributed by atoms with van der Waals surface area (Å²) in [6.07, 6.45) is 0.492. The minimum Gasteiger partial charge on any atom is -0.462 e. The van der Waals surface area contributed by atoms with Crippen molar-refractivity contribution in [1.82, 2.24) is 9.71 Å². The van der Waals surface area contributed by atoms with Crippen LogP contribution in [-0.2, 0) is 19.6 Å². The fourth-order valence-corrected chi connectivity index (χ4v) is 4.83. The number of non-ortho nitro benzene ring substituents is 1. The Morgan fingerprint density at radius 3 is 2.41 bits per heavy atom. The molecule has 0 bridgehead atoms. The Bertz CT molecular complexity index is 1100. The summed E-state index contributed by atoms with van der Waals surface area (Å²) in [5.74, 6) is -1.58. The molecule has 0 fully saturated rings. The number of sulfonamides is 1. The van der Waals surface area contributed by atoms with Crippen molar-refractivity contribution in [2.24, 2.45) is 5.92 Å². The van der Waals surface area contributed by atoms with Gasteiger partial charge in [0.25, 0.3) is 5.69 Å². The van der Waals surface area contributed by atoms with E-state index in [0.29, 0.717) is 12.1 Å². The summed E-state index contributed by atoms with van der Waals surface area (Å²) >= 11 is 0.933. The molecule has 2 rings (SSSR count). The molecule has 13 heteroatoms. The fraction of sp³-hybridized carbons (Fsp3) is 0.421. The van der Waals surface area contributed by atoms with Gasteiger partial charge in [-0.3, -0.25) is 14.9 Å². The molecule has 1 aromatic carbocycles. The maximum Gasteiger partial charge on any atom is 0.350 e. The number of nitrogens with zero attached hydrogens (tertiary/aromatic N) is 2. The van der Waals surface area contributed by atoms with Crippen molar-refractivity contribution < 1.29 is 27.7 Å².